The van der Waals surface area contributed by atoms with E-state index in [0.29, 0.717) is 59.7 Å². The SMILES string of the molecule is CN[C@@H](C)C(=O)N[C@@H]1C(=O)N(Cc2c(OC)c[n+]([O-])c3ccccc23)c2ccccc2OC12CCOCC2. The van der Waals surface area contributed by atoms with Gasteiger partial charge in [-0.15, -0.1) is 0 Å². The Kier molecular flexibility index (Phi) is 7.09. The van der Waals surface area contributed by atoms with Crippen LogP contribution in [-0.4, -0.2) is 56.9 Å². The number of para-hydroxylation sites is 3. The highest BCUT2D eigenvalue weighted by Crippen LogP contribution is 2.42. The number of anilines is 1. The maximum Gasteiger partial charge on any atom is 0.254 e. The van der Waals surface area contributed by atoms with Crippen LogP contribution in [0.1, 0.15) is 25.3 Å². The molecule has 5 rings (SSSR count). The van der Waals surface area contributed by atoms with E-state index >= 15 is 0 Å². The number of ether oxygens (including phenoxy) is 3. The van der Waals surface area contributed by atoms with Crippen molar-refractivity contribution in [2.75, 3.05) is 32.3 Å². The summed E-state index contributed by atoms with van der Waals surface area (Å²) in [6, 6.07) is 13.1. The standard InChI is InChI=1S/C28H32N4O6/c1-18(29-2)26(33)30-25-27(34)31(16-20-19-8-4-5-9-21(19)32(35)17-24(20)36-3)22-10-6-7-11-23(22)38-28(25)12-14-37-15-13-28/h4-11,17-18,25,29H,12-16H2,1-3H3,(H,30,33)/t18-,25+/m0/s1. The molecule has 2 amide bonds. The fourth-order valence-electron chi connectivity index (χ4n) is 5.21. The van der Waals surface area contributed by atoms with Crippen LogP contribution in [-0.2, 0) is 20.9 Å². The van der Waals surface area contributed by atoms with Crippen molar-refractivity contribution in [3.8, 4) is 11.5 Å². The summed E-state index contributed by atoms with van der Waals surface area (Å²) in [4.78, 5) is 29.2. The number of nitrogens with zero attached hydrogens (tertiary/aromatic N) is 2. The van der Waals surface area contributed by atoms with Gasteiger partial charge in [0.25, 0.3) is 5.91 Å². The zero-order valence-corrected chi connectivity index (χ0v) is 21.7. The highest BCUT2D eigenvalue weighted by molar-refractivity contribution is 6.03. The highest BCUT2D eigenvalue weighted by atomic mass is 16.5. The monoisotopic (exact) mass is 520 g/mol. The van der Waals surface area contributed by atoms with E-state index in [1.807, 2.05) is 36.4 Å². The van der Waals surface area contributed by atoms with Gasteiger partial charge in [0.2, 0.25) is 17.6 Å². The van der Waals surface area contributed by atoms with Crippen LogP contribution in [0.25, 0.3) is 10.9 Å². The van der Waals surface area contributed by atoms with E-state index in [1.165, 1.54) is 13.3 Å². The molecule has 1 aromatic heterocycles. The molecule has 1 saturated heterocycles. The van der Waals surface area contributed by atoms with Crippen LogP contribution in [0.15, 0.2) is 54.7 Å². The smallest absolute Gasteiger partial charge is 0.254 e. The number of benzene rings is 2. The first-order chi connectivity index (χ1) is 18.4. The van der Waals surface area contributed by atoms with Crippen molar-refractivity contribution in [2.24, 2.45) is 0 Å². The molecule has 2 N–H and O–H groups in total. The molecule has 0 unspecified atom stereocenters. The van der Waals surface area contributed by atoms with E-state index in [-0.39, 0.29) is 18.4 Å². The number of aromatic nitrogens is 1. The lowest BCUT2D eigenvalue weighted by Gasteiger charge is -2.41. The van der Waals surface area contributed by atoms with Crippen LogP contribution in [0, 0.1) is 5.21 Å². The molecule has 200 valence electrons. The Morgan fingerprint density at radius 1 is 1.21 bits per heavy atom. The van der Waals surface area contributed by atoms with Gasteiger partial charge in [-0.3, -0.25) is 9.59 Å². The van der Waals surface area contributed by atoms with Crippen molar-refractivity contribution < 1.29 is 28.5 Å². The third-order valence-corrected chi connectivity index (χ3v) is 7.50. The van der Waals surface area contributed by atoms with Gasteiger partial charge < -0.3 is 35.0 Å². The Hall–Kier alpha value is -3.89. The van der Waals surface area contributed by atoms with Crippen molar-refractivity contribution >= 4 is 28.4 Å². The second kappa shape index (κ2) is 10.5. The van der Waals surface area contributed by atoms with Gasteiger partial charge >= 0.3 is 0 Å². The highest BCUT2D eigenvalue weighted by Gasteiger charge is 2.52. The molecule has 38 heavy (non-hydrogen) atoms. The van der Waals surface area contributed by atoms with E-state index in [1.54, 1.807) is 31.0 Å². The van der Waals surface area contributed by atoms with Gasteiger partial charge in [-0.25, -0.2) is 0 Å². The molecule has 2 aliphatic rings. The van der Waals surface area contributed by atoms with Gasteiger partial charge in [-0.05, 0) is 32.2 Å². The number of carbonyl (C=O) groups excluding carboxylic acids is 2. The fourth-order valence-corrected chi connectivity index (χ4v) is 5.21. The quantitative estimate of drug-likeness (QED) is 0.378. The Bertz CT molecular complexity index is 1360. The van der Waals surface area contributed by atoms with Crippen LogP contribution in [0.4, 0.5) is 5.69 Å². The van der Waals surface area contributed by atoms with Crippen molar-refractivity contribution in [3.63, 3.8) is 0 Å². The molecule has 10 heteroatoms. The molecule has 2 aromatic carbocycles. The number of pyridine rings is 1. The van der Waals surface area contributed by atoms with Crippen LogP contribution < -0.4 is 29.7 Å². The number of methoxy groups -OCH3 is 1. The van der Waals surface area contributed by atoms with Gasteiger partial charge in [-0.1, -0.05) is 24.3 Å². The number of rotatable bonds is 6. The number of nitrogens with one attached hydrogen (secondary N) is 2. The molecule has 0 bridgehead atoms. The summed E-state index contributed by atoms with van der Waals surface area (Å²) in [5.41, 5.74) is 0.731. The summed E-state index contributed by atoms with van der Waals surface area (Å²) in [6.07, 6.45) is 2.25. The first-order valence-electron chi connectivity index (χ1n) is 12.7. The van der Waals surface area contributed by atoms with E-state index in [0.717, 1.165) is 4.73 Å². The second-order valence-electron chi connectivity index (χ2n) is 9.64. The number of carbonyl (C=O) groups is 2. The minimum absolute atomic E-state index is 0.101. The molecule has 3 aromatic rings. The molecule has 1 fully saturated rings. The molecule has 3 heterocycles. The lowest BCUT2D eigenvalue weighted by atomic mass is 9.84. The normalized spacial score (nSPS) is 19.4. The van der Waals surface area contributed by atoms with Gasteiger partial charge in [0.15, 0.2) is 5.75 Å². The van der Waals surface area contributed by atoms with Crippen LogP contribution in [0.2, 0.25) is 0 Å². The second-order valence-corrected chi connectivity index (χ2v) is 9.64. The Morgan fingerprint density at radius 3 is 2.66 bits per heavy atom. The minimum Gasteiger partial charge on any atom is -0.618 e. The van der Waals surface area contributed by atoms with E-state index in [2.05, 4.69) is 10.6 Å². The third-order valence-electron chi connectivity index (χ3n) is 7.50. The number of likely N-dealkylation sites (N-methyl/N-ethyl adjacent to an activating group) is 1. The maximum absolute atomic E-state index is 14.5. The molecule has 1 spiro atoms. The van der Waals surface area contributed by atoms with E-state index in [4.69, 9.17) is 14.2 Å². The van der Waals surface area contributed by atoms with E-state index in [9.17, 15) is 14.8 Å². The molecule has 10 nitrogen and oxygen atoms in total. The number of hydrogen-bond donors (Lipinski definition) is 2. The summed E-state index contributed by atoms with van der Waals surface area (Å²) in [6.45, 7) is 2.65. The first kappa shape index (κ1) is 25.7. The molecular formula is C28H32N4O6. The largest absolute Gasteiger partial charge is 0.618 e. The van der Waals surface area contributed by atoms with Crippen molar-refractivity contribution in [3.05, 3.63) is 65.5 Å². The average Bonchev–Trinajstić information content (AvgIpc) is 3.03. The molecule has 0 saturated carbocycles. The average molecular weight is 521 g/mol. The Morgan fingerprint density at radius 2 is 1.92 bits per heavy atom. The van der Waals surface area contributed by atoms with Crippen molar-refractivity contribution in [1.29, 1.82) is 0 Å². The number of hydrogen-bond acceptors (Lipinski definition) is 7. The maximum atomic E-state index is 14.5. The van der Waals surface area contributed by atoms with Gasteiger partial charge in [0, 0.05) is 24.5 Å². The fraction of sp³-hybridized carbons (Fsp3) is 0.393. The van der Waals surface area contributed by atoms with Gasteiger partial charge in [0.05, 0.1) is 44.0 Å². The van der Waals surface area contributed by atoms with E-state index < -0.39 is 17.7 Å². The van der Waals surface area contributed by atoms with Crippen molar-refractivity contribution in [2.45, 2.75) is 44.0 Å². The summed E-state index contributed by atoms with van der Waals surface area (Å²) >= 11 is 0. The Balaban J connectivity index is 1.65. The summed E-state index contributed by atoms with van der Waals surface area (Å²) in [5, 5.41) is 19.2. The lowest BCUT2D eigenvalue weighted by Crippen LogP contribution is -2.65. The number of amides is 2. The Labute approximate surface area is 221 Å². The predicted octanol–water partition coefficient (Wildman–Crippen LogP) is 2.05. The van der Waals surface area contributed by atoms with Crippen LogP contribution in [0.5, 0.6) is 11.5 Å². The summed E-state index contributed by atoms with van der Waals surface area (Å²) in [7, 11) is 3.19. The van der Waals surface area contributed by atoms with Gasteiger partial charge in [-0.2, -0.15) is 4.73 Å². The molecule has 2 aliphatic heterocycles. The zero-order valence-electron chi connectivity index (χ0n) is 21.7. The lowest BCUT2D eigenvalue weighted by molar-refractivity contribution is -0.577. The predicted molar refractivity (Wildman–Crippen MR) is 141 cm³/mol. The first-order valence-corrected chi connectivity index (χ1v) is 12.7. The number of fused-ring (bicyclic) bond motifs is 2. The van der Waals surface area contributed by atoms with Crippen LogP contribution >= 0.6 is 0 Å². The van der Waals surface area contributed by atoms with Gasteiger partial charge in [0.1, 0.15) is 17.4 Å². The summed E-state index contributed by atoms with van der Waals surface area (Å²) < 4.78 is 18.6. The zero-order chi connectivity index (χ0) is 26.9. The third kappa shape index (κ3) is 4.50. The molecular weight excluding hydrogens is 488 g/mol. The molecule has 0 radical (unpaired) electrons. The molecule has 0 aliphatic carbocycles. The molecule has 2 atom stereocenters. The minimum atomic E-state index is -0.982. The van der Waals surface area contributed by atoms with Crippen molar-refractivity contribution in [1.82, 2.24) is 10.6 Å². The topological polar surface area (TPSA) is 116 Å². The summed E-state index contributed by atoms with van der Waals surface area (Å²) in [5.74, 6) is 0.290. The van der Waals surface area contributed by atoms with Crippen LogP contribution in [0.3, 0.4) is 0 Å².